The first kappa shape index (κ1) is 22.8. The van der Waals surface area contributed by atoms with Crippen LogP contribution in [-0.2, 0) is 4.74 Å². The van der Waals surface area contributed by atoms with E-state index in [1.54, 1.807) is 32.5 Å². The zero-order valence-corrected chi connectivity index (χ0v) is 19.3. The summed E-state index contributed by atoms with van der Waals surface area (Å²) in [4.78, 5) is 6.57. The fourth-order valence-electron chi connectivity index (χ4n) is 3.67. The summed E-state index contributed by atoms with van der Waals surface area (Å²) < 4.78 is 27.0. The monoisotopic (exact) mass is 479 g/mol. The number of aromatic nitrogens is 3. The lowest BCUT2D eigenvalue weighted by molar-refractivity contribution is 0.0645. The Kier molecular flexibility index (Phi) is 6.85. The molecular formula is C22H24Cl2FN5O2. The summed E-state index contributed by atoms with van der Waals surface area (Å²) in [6.07, 6.45) is 4.81. The highest BCUT2D eigenvalue weighted by Gasteiger charge is 2.28. The molecule has 1 aliphatic rings. The number of nitrogens with two attached hydrogens (primary N) is 1. The van der Waals surface area contributed by atoms with Crippen molar-refractivity contribution in [2.75, 3.05) is 39.1 Å². The second kappa shape index (κ2) is 9.62. The van der Waals surface area contributed by atoms with E-state index in [1.807, 2.05) is 10.9 Å². The van der Waals surface area contributed by atoms with Gasteiger partial charge in [0.15, 0.2) is 11.6 Å². The molecule has 32 heavy (non-hydrogen) atoms. The SMILES string of the molecule is COCCN1CC(n2cc(-c3cnc(N)c(OC(C)c4c(Cl)ccc(F)c4Cl)c3)cn2)C1. The number of hydrogen-bond acceptors (Lipinski definition) is 6. The number of anilines is 1. The van der Waals surface area contributed by atoms with Crippen molar-refractivity contribution >= 4 is 29.0 Å². The standard InChI is InChI=1S/C22H24Cl2FN5O2/c1-13(20-17(23)3-4-18(25)21(20)24)32-19-7-14(8-27-22(19)26)15-9-28-30(10-15)16-11-29(12-16)5-6-31-2/h3-4,7-10,13,16H,5-6,11-12H2,1-2H3,(H2,26,27). The molecular weight excluding hydrogens is 456 g/mol. The predicted molar refractivity (Wildman–Crippen MR) is 123 cm³/mol. The van der Waals surface area contributed by atoms with Crippen LogP contribution in [0.1, 0.15) is 24.6 Å². The Morgan fingerprint density at radius 2 is 2.03 bits per heavy atom. The second-order valence-corrected chi connectivity index (χ2v) is 8.52. The van der Waals surface area contributed by atoms with Crippen molar-refractivity contribution in [1.82, 2.24) is 19.7 Å². The molecule has 4 rings (SSSR count). The minimum atomic E-state index is -0.638. The number of rotatable bonds is 8. The molecule has 0 saturated carbocycles. The van der Waals surface area contributed by atoms with E-state index in [9.17, 15) is 4.39 Å². The minimum Gasteiger partial charge on any atom is -0.482 e. The Bertz CT molecular complexity index is 1100. The predicted octanol–water partition coefficient (Wildman–Crippen LogP) is 4.62. The van der Waals surface area contributed by atoms with Gasteiger partial charge in [0, 0.05) is 60.9 Å². The molecule has 2 N–H and O–H groups in total. The van der Waals surface area contributed by atoms with Crippen LogP contribution in [0.15, 0.2) is 36.8 Å². The molecule has 0 bridgehead atoms. The van der Waals surface area contributed by atoms with Crippen LogP contribution in [0.2, 0.25) is 10.0 Å². The van der Waals surface area contributed by atoms with Crippen LogP contribution >= 0.6 is 23.2 Å². The molecule has 2 aromatic heterocycles. The normalized spacial score (nSPS) is 15.5. The second-order valence-electron chi connectivity index (χ2n) is 7.74. The molecule has 0 spiro atoms. The molecule has 1 aliphatic heterocycles. The Morgan fingerprint density at radius 1 is 1.25 bits per heavy atom. The zero-order chi connectivity index (χ0) is 22.8. The molecule has 1 fully saturated rings. The highest BCUT2D eigenvalue weighted by atomic mass is 35.5. The lowest BCUT2D eigenvalue weighted by Crippen LogP contribution is -2.48. The number of methoxy groups -OCH3 is 1. The summed E-state index contributed by atoms with van der Waals surface area (Å²) in [7, 11) is 1.71. The highest BCUT2D eigenvalue weighted by molar-refractivity contribution is 6.36. The molecule has 1 unspecified atom stereocenters. The fraction of sp³-hybridized carbons (Fsp3) is 0.364. The maximum Gasteiger partial charge on any atom is 0.166 e. The van der Waals surface area contributed by atoms with Crippen LogP contribution in [0.4, 0.5) is 10.2 Å². The maximum absolute atomic E-state index is 13.9. The van der Waals surface area contributed by atoms with E-state index in [4.69, 9.17) is 38.4 Å². The fourth-order valence-corrected chi connectivity index (χ4v) is 4.35. The third-order valence-electron chi connectivity index (χ3n) is 5.53. The average Bonchev–Trinajstić information content (AvgIpc) is 3.21. The smallest absolute Gasteiger partial charge is 0.166 e. The van der Waals surface area contributed by atoms with E-state index in [0.29, 0.717) is 22.4 Å². The summed E-state index contributed by atoms with van der Waals surface area (Å²) in [5.74, 6) is 0.00325. The molecule has 3 aromatic rings. The first-order chi connectivity index (χ1) is 15.4. The molecule has 3 heterocycles. The summed E-state index contributed by atoms with van der Waals surface area (Å²) in [5.41, 5.74) is 8.08. The first-order valence-corrected chi connectivity index (χ1v) is 10.9. The van der Waals surface area contributed by atoms with Gasteiger partial charge in [0.05, 0.1) is 23.9 Å². The summed E-state index contributed by atoms with van der Waals surface area (Å²) in [6.45, 7) is 5.24. The number of hydrogen-bond donors (Lipinski definition) is 1. The van der Waals surface area contributed by atoms with E-state index in [1.165, 1.54) is 12.1 Å². The van der Waals surface area contributed by atoms with E-state index in [2.05, 4.69) is 15.0 Å². The van der Waals surface area contributed by atoms with Crippen molar-refractivity contribution in [2.24, 2.45) is 0 Å². The van der Waals surface area contributed by atoms with Gasteiger partial charge in [-0.2, -0.15) is 5.10 Å². The van der Waals surface area contributed by atoms with E-state index in [-0.39, 0.29) is 10.8 Å². The highest BCUT2D eigenvalue weighted by Crippen LogP contribution is 2.37. The quantitative estimate of drug-likeness (QED) is 0.475. The van der Waals surface area contributed by atoms with Gasteiger partial charge in [0.1, 0.15) is 11.9 Å². The number of ether oxygens (including phenoxy) is 2. The van der Waals surface area contributed by atoms with Crippen molar-refractivity contribution in [1.29, 1.82) is 0 Å². The lowest BCUT2D eigenvalue weighted by atomic mass is 10.1. The minimum absolute atomic E-state index is 0.0750. The van der Waals surface area contributed by atoms with Gasteiger partial charge in [0.2, 0.25) is 0 Å². The van der Waals surface area contributed by atoms with Crippen molar-refractivity contribution in [3.63, 3.8) is 0 Å². The topological polar surface area (TPSA) is 78.4 Å². The molecule has 7 nitrogen and oxygen atoms in total. The molecule has 170 valence electrons. The number of benzene rings is 1. The van der Waals surface area contributed by atoms with Crippen molar-refractivity contribution < 1.29 is 13.9 Å². The third-order valence-corrected chi connectivity index (χ3v) is 6.24. The first-order valence-electron chi connectivity index (χ1n) is 10.2. The van der Waals surface area contributed by atoms with E-state index in [0.717, 1.165) is 37.4 Å². The van der Waals surface area contributed by atoms with Gasteiger partial charge >= 0.3 is 0 Å². The Morgan fingerprint density at radius 3 is 2.78 bits per heavy atom. The Balaban J connectivity index is 1.49. The third kappa shape index (κ3) is 4.68. The van der Waals surface area contributed by atoms with Crippen LogP contribution in [-0.4, -0.2) is 53.0 Å². The van der Waals surface area contributed by atoms with Crippen molar-refractivity contribution in [2.45, 2.75) is 19.1 Å². The van der Waals surface area contributed by atoms with Crippen molar-refractivity contribution in [3.8, 4) is 16.9 Å². The number of nitrogens with zero attached hydrogens (tertiary/aromatic N) is 4. The van der Waals surface area contributed by atoms with E-state index < -0.39 is 11.9 Å². The van der Waals surface area contributed by atoms with E-state index >= 15 is 0 Å². The van der Waals surface area contributed by atoms with Crippen LogP contribution in [0.3, 0.4) is 0 Å². The Labute approximate surface area is 195 Å². The van der Waals surface area contributed by atoms with Crippen LogP contribution in [0, 0.1) is 5.82 Å². The molecule has 1 saturated heterocycles. The van der Waals surface area contributed by atoms with Gasteiger partial charge < -0.3 is 15.2 Å². The van der Waals surface area contributed by atoms with Gasteiger partial charge in [-0.05, 0) is 25.1 Å². The molecule has 0 amide bonds. The number of halogens is 3. The maximum atomic E-state index is 13.9. The molecule has 1 atom stereocenters. The zero-order valence-electron chi connectivity index (χ0n) is 17.8. The number of pyridine rings is 1. The van der Waals surface area contributed by atoms with Crippen LogP contribution < -0.4 is 10.5 Å². The number of likely N-dealkylation sites (tertiary alicyclic amines) is 1. The van der Waals surface area contributed by atoms with Crippen LogP contribution in [0.25, 0.3) is 11.1 Å². The van der Waals surface area contributed by atoms with Crippen LogP contribution in [0.5, 0.6) is 5.75 Å². The average molecular weight is 480 g/mol. The molecule has 0 aliphatic carbocycles. The number of nitrogen functional groups attached to an aromatic ring is 1. The van der Waals surface area contributed by atoms with Crippen molar-refractivity contribution in [3.05, 3.63) is 58.2 Å². The van der Waals surface area contributed by atoms with Gasteiger partial charge in [-0.15, -0.1) is 0 Å². The Hall–Kier alpha value is -2.39. The molecule has 10 heteroatoms. The largest absolute Gasteiger partial charge is 0.482 e. The summed E-state index contributed by atoms with van der Waals surface area (Å²) >= 11 is 12.3. The summed E-state index contributed by atoms with van der Waals surface area (Å²) in [6, 6.07) is 4.78. The molecule has 0 radical (unpaired) electrons. The van der Waals surface area contributed by atoms with Gasteiger partial charge in [-0.1, -0.05) is 23.2 Å². The lowest BCUT2D eigenvalue weighted by Gasteiger charge is -2.38. The molecule has 1 aromatic carbocycles. The van der Waals surface area contributed by atoms with Gasteiger partial charge in [0.25, 0.3) is 0 Å². The van der Waals surface area contributed by atoms with Gasteiger partial charge in [-0.3, -0.25) is 9.58 Å². The summed E-state index contributed by atoms with van der Waals surface area (Å²) in [5, 5.41) is 4.74. The van der Waals surface area contributed by atoms with Gasteiger partial charge in [-0.25, -0.2) is 9.37 Å².